The molecule has 1 rings (SSSR count). The Kier molecular flexibility index (Phi) is 2.88. The first kappa shape index (κ1) is 8.53. The number of amides is 1. The summed E-state index contributed by atoms with van der Waals surface area (Å²) in [5.74, 6) is 0.195. The third-order valence-corrected chi connectivity index (χ3v) is 2.03. The lowest BCUT2D eigenvalue weighted by Gasteiger charge is -2.18. The van der Waals surface area contributed by atoms with Gasteiger partial charge in [-0.05, 0) is 6.42 Å². The largest absolute Gasteiger partial charge is 0.376 e. The molecule has 0 aromatic heterocycles. The van der Waals surface area contributed by atoms with Crippen molar-refractivity contribution in [3.05, 3.63) is 0 Å². The van der Waals surface area contributed by atoms with Crippen molar-refractivity contribution in [1.29, 1.82) is 0 Å². The molecule has 0 saturated carbocycles. The molecule has 1 atom stereocenters. The number of carbonyl (C=O) groups is 1. The Morgan fingerprint density at radius 3 is 3.09 bits per heavy atom. The van der Waals surface area contributed by atoms with Gasteiger partial charge in [-0.1, -0.05) is 6.92 Å². The Labute approximate surface area is 67.3 Å². The predicted molar refractivity (Wildman–Crippen MR) is 42.3 cm³/mol. The summed E-state index contributed by atoms with van der Waals surface area (Å²) in [4.78, 5) is 12.9. The van der Waals surface area contributed by atoms with Crippen LogP contribution in [0, 0.1) is 0 Å². The Bertz CT molecular complexity index is 147. The molecule has 1 heterocycles. The number of likely N-dealkylation sites (N-methyl/N-ethyl adjacent to an activating group) is 1. The first-order chi connectivity index (χ1) is 5.24. The first-order valence-electron chi connectivity index (χ1n) is 4.09. The molecule has 1 aliphatic heterocycles. The average molecular weight is 157 g/mol. The molecule has 0 aliphatic carbocycles. The van der Waals surface area contributed by atoms with E-state index in [1.165, 1.54) is 0 Å². The van der Waals surface area contributed by atoms with Gasteiger partial charge in [0.25, 0.3) is 0 Å². The number of rotatable bonds is 1. The maximum atomic E-state index is 11.1. The number of hydrogen-bond acceptors (Lipinski definition) is 2. The normalized spacial score (nSPS) is 26.9. The number of nitrogens with zero attached hydrogens (tertiary/aromatic N) is 1. The zero-order valence-corrected chi connectivity index (χ0v) is 7.17. The van der Waals surface area contributed by atoms with Gasteiger partial charge in [0.2, 0.25) is 5.91 Å². The Balaban J connectivity index is 2.48. The second-order valence-corrected chi connectivity index (χ2v) is 2.93. The first-order valence-corrected chi connectivity index (χ1v) is 4.09. The molecule has 0 N–H and O–H groups in total. The maximum Gasteiger partial charge on any atom is 0.224 e. The van der Waals surface area contributed by atoms with Crippen molar-refractivity contribution in [3.63, 3.8) is 0 Å². The molecule has 0 radical (unpaired) electrons. The zero-order chi connectivity index (χ0) is 8.27. The topological polar surface area (TPSA) is 29.5 Å². The summed E-state index contributed by atoms with van der Waals surface area (Å²) in [6, 6.07) is 0. The fraction of sp³-hybridized carbons (Fsp3) is 0.875. The van der Waals surface area contributed by atoms with Crippen LogP contribution >= 0.6 is 0 Å². The molecule has 1 saturated heterocycles. The lowest BCUT2D eigenvalue weighted by Crippen LogP contribution is -2.31. The molecular formula is C8H15NO2. The third-order valence-electron chi connectivity index (χ3n) is 2.03. The van der Waals surface area contributed by atoms with Gasteiger partial charge >= 0.3 is 0 Å². The highest BCUT2D eigenvalue weighted by Gasteiger charge is 2.18. The van der Waals surface area contributed by atoms with E-state index >= 15 is 0 Å². The second-order valence-electron chi connectivity index (χ2n) is 2.93. The summed E-state index contributed by atoms with van der Waals surface area (Å²) in [5.41, 5.74) is 0. The number of ether oxygens (including phenoxy) is 1. The van der Waals surface area contributed by atoms with Crippen molar-refractivity contribution in [1.82, 2.24) is 4.90 Å². The molecule has 11 heavy (non-hydrogen) atoms. The Morgan fingerprint density at radius 1 is 1.73 bits per heavy atom. The van der Waals surface area contributed by atoms with Crippen LogP contribution in [0.3, 0.4) is 0 Å². The monoisotopic (exact) mass is 157 g/mol. The van der Waals surface area contributed by atoms with Gasteiger partial charge in [-0.15, -0.1) is 0 Å². The summed E-state index contributed by atoms with van der Waals surface area (Å²) in [7, 11) is 1.83. The highest BCUT2D eigenvalue weighted by atomic mass is 16.5. The van der Waals surface area contributed by atoms with Gasteiger partial charge in [-0.3, -0.25) is 4.79 Å². The van der Waals surface area contributed by atoms with Gasteiger partial charge in [-0.2, -0.15) is 0 Å². The smallest absolute Gasteiger partial charge is 0.224 e. The van der Waals surface area contributed by atoms with E-state index < -0.39 is 0 Å². The van der Waals surface area contributed by atoms with Crippen LogP contribution < -0.4 is 0 Å². The van der Waals surface area contributed by atoms with Crippen molar-refractivity contribution in [2.24, 2.45) is 0 Å². The molecule has 3 nitrogen and oxygen atoms in total. The third kappa shape index (κ3) is 2.19. The van der Waals surface area contributed by atoms with Crippen molar-refractivity contribution in [2.75, 3.05) is 20.2 Å². The molecule has 1 aliphatic rings. The lowest BCUT2D eigenvalue weighted by atomic mass is 10.2. The summed E-state index contributed by atoms with van der Waals surface area (Å²) < 4.78 is 5.43. The standard InChI is InChI=1S/C8H15NO2/c1-3-7-6-9(2)8(10)4-5-11-7/h7H,3-6H2,1-2H3/t7-/m1/s1. The van der Waals surface area contributed by atoms with Crippen molar-refractivity contribution in [2.45, 2.75) is 25.9 Å². The zero-order valence-electron chi connectivity index (χ0n) is 7.17. The highest BCUT2D eigenvalue weighted by molar-refractivity contribution is 5.76. The molecule has 1 fully saturated rings. The van der Waals surface area contributed by atoms with Gasteiger partial charge in [0.05, 0.1) is 19.1 Å². The summed E-state index contributed by atoms with van der Waals surface area (Å²) >= 11 is 0. The van der Waals surface area contributed by atoms with Crippen LogP contribution in [-0.2, 0) is 9.53 Å². The fourth-order valence-electron chi connectivity index (χ4n) is 1.21. The molecular weight excluding hydrogens is 142 g/mol. The Hall–Kier alpha value is -0.570. The Morgan fingerprint density at radius 2 is 2.45 bits per heavy atom. The molecule has 1 amide bonds. The summed E-state index contributed by atoms with van der Waals surface area (Å²) in [6.07, 6.45) is 1.76. The highest BCUT2D eigenvalue weighted by Crippen LogP contribution is 2.07. The van der Waals surface area contributed by atoms with Gasteiger partial charge in [-0.25, -0.2) is 0 Å². The van der Waals surface area contributed by atoms with E-state index in [0.29, 0.717) is 13.0 Å². The minimum atomic E-state index is 0.195. The number of hydrogen-bond donors (Lipinski definition) is 0. The molecule has 64 valence electrons. The fourth-order valence-corrected chi connectivity index (χ4v) is 1.21. The second kappa shape index (κ2) is 3.72. The quantitative estimate of drug-likeness (QED) is 0.559. The van der Waals surface area contributed by atoms with Crippen LogP contribution in [-0.4, -0.2) is 37.1 Å². The molecule has 0 bridgehead atoms. The molecule has 3 heteroatoms. The van der Waals surface area contributed by atoms with Crippen LogP contribution in [0.15, 0.2) is 0 Å². The van der Waals surface area contributed by atoms with Gasteiger partial charge in [0.1, 0.15) is 0 Å². The number of carbonyl (C=O) groups excluding carboxylic acids is 1. The van der Waals surface area contributed by atoms with Crippen LogP contribution in [0.25, 0.3) is 0 Å². The summed E-state index contributed by atoms with van der Waals surface area (Å²) in [6.45, 7) is 3.41. The predicted octanol–water partition coefficient (Wildman–Crippen LogP) is 0.644. The van der Waals surface area contributed by atoms with Gasteiger partial charge in [0, 0.05) is 13.6 Å². The minimum Gasteiger partial charge on any atom is -0.376 e. The average Bonchev–Trinajstić information content (AvgIpc) is 2.15. The molecule has 0 aromatic rings. The van der Waals surface area contributed by atoms with Gasteiger partial charge < -0.3 is 9.64 Å². The lowest BCUT2D eigenvalue weighted by molar-refractivity contribution is -0.129. The van der Waals surface area contributed by atoms with Crippen LogP contribution in [0.5, 0.6) is 0 Å². The van der Waals surface area contributed by atoms with E-state index in [9.17, 15) is 4.79 Å². The van der Waals surface area contributed by atoms with E-state index in [1.807, 2.05) is 7.05 Å². The summed E-state index contributed by atoms with van der Waals surface area (Å²) in [5, 5.41) is 0. The van der Waals surface area contributed by atoms with E-state index in [4.69, 9.17) is 4.74 Å². The van der Waals surface area contributed by atoms with E-state index in [-0.39, 0.29) is 12.0 Å². The van der Waals surface area contributed by atoms with E-state index in [2.05, 4.69) is 6.92 Å². The molecule has 0 unspecified atom stereocenters. The van der Waals surface area contributed by atoms with Crippen molar-refractivity contribution in [3.8, 4) is 0 Å². The van der Waals surface area contributed by atoms with E-state index in [1.54, 1.807) is 4.90 Å². The molecule has 0 spiro atoms. The van der Waals surface area contributed by atoms with Crippen LogP contribution in [0.1, 0.15) is 19.8 Å². The van der Waals surface area contributed by atoms with Crippen LogP contribution in [0.4, 0.5) is 0 Å². The van der Waals surface area contributed by atoms with Crippen molar-refractivity contribution >= 4 is 5.91 Å². The maximum absolute atomic E-state index is 11.1. The van der Waals surface area contributed by atoms with Gasteiger partial charge in [0.15, 0.2) is 0 Å². The van der Waals surface area contributed by atoms with Crippen LogP contribution in [0.2, 0.25) is 0 Å². The minimum absolute atomic E-state index is 0.195. The van der Waals surface area contributed by atoms with Crippen molar-refractivity contribution < 1.29 is 9.53 Å². The molecule has 0 aromatic carbocycles. The van der Waals surface area contributed by atoms with E-state index in [0.717, 1.165) is 13.0 Å². The SMILES string of the molecule is CC[C@@H]1CN(C)C(=O)CCO1.